The van der Waals surface area contributed by atoms with Crippen molar-refractivity contribution < 1.29 is 19.1 Å². The summed E-state index contributed by atoms with van der Waals surface area (Å²) in [6, 6.07) is 6.92. The Labute approximate surface area is 117 Å². The Morgan fingerprint density at radius 2 is 2.17 bits per heavy atom. The molecule has 1 aliphatic heterocycles. The van der Waals surface area contributed by atoms with Gasteiger partial charge in [0.05, 0.1) is 6.54 Å². The van der Waals surface area contributed by atoms with Crippen LogP contribution in [0.5, 0.6) is 0 Å². The summed E-state index contributed by atoms with van der Waals surface area (Å²) >= 11 is 2.08. The summed E-state index contributed by atoms with van der Waals surface area (Å²) in [5.41, 5.74) is -1.85. The van der Waals surface area contributed by atoms with E-state index in [1.165, 1.54) is 4.90 Å². The summed E-state index contributed by atoms with van der Waals surface area (Å²) < 4.78 is 14.8. The third-order valence-electron chi connectivity index (χ3n) is 2.96. The van der Waals surface area contributed by atoms with Gasteiger partial charge in [-0.2, -0.15) is 0 Å². The van der Waals surface area contributed by atoms with Crippen LogP contribution in [0.15, 0.2) is 24.3 Å². The minimum atomic E-state index is -2.31. The van der Waals surface area contributed by atoms with Gasteiger partial charge in [0.1, 0.15) is 0 Å². The van der Waals surface area contributed by atoms with Crippen LogP contribution in [0.4, 0.5) is 4.39 Å². The van der Waals surface area contributed by atoms with E-state index in [-0.39, 0.29) is 25.4 Å². The number of carboxylic acids is 1. The molecule has 0 bridgehead atoms. The minimum Gasteiger partial charge on any atom is -0.479 e. The monoisotopic (exact) mass is 363 g/mol. The molecule has 1 fully saturated rings. The van der Waals surface area contributed by atoms with Gasteiger partial charge in [0.25, 0.3) is 5.91 Å². The van der Waals surface area contributed by atoms with Crippen LogP contribution in [-0.2, 0) is 4.79 Å². The molecular formula is C12H11FINO3. The van der Waals surface area contributed by atoms with E-state index in [0.717, 1.165) is 3.57 Å². The van der Waals surface area contributed by atoms with Crippen molar-refractivity contribution in [2.45, 2.75) is 12.1 Å². The Morgan fingerprint density at radius 1 is 1.44 bits per heavy atom. The highest BCUT2D eigenvalue weighted by molar-refractivity contribution is 14.1. The Bertz CT molecular complexity index is 508. The van der Waals surface area contributed by atoms with Crippen LogP contribution in [0, 0.1) is 3.57 Å². The predicted molar refractivity (Wildman–Crippen MR) is 71.2 cm³/mol. The summed E-state index contributed by atoms with van der Waals surface area (Å²) in [6.45, 7) is -0.250. The van der Waals surface area contributed by atoms with E-state index in [1.54, 1.807) is 18.2 Å². The zero-order valence-electron chi connectivity index (χ0n) is 9.40. The van der Waals surface area contributed by atoms with Crippen molar-refractivity contribution in [1.82, 2.24) is 4.90 Å². The zero-order valence-corrected chi connectivity index (χ0v) is 11.6. The molecule has 2 rings (SSSR count). The molecule has 96 valence electrons. The van der Waals surface area contributed by atoms with Crippen LogP contribution < -0.4 is 0 Å². The first-order chi connectivity index (χ1) is 8.42. The summed E-state index contributed by atoms with van der Waals surface area (Å²) in [7, 11) is 0. The van der Waals surface area contributed by atoms with Crippen molar-refractivity contribution in [3.63, 3.8) is 0 Å². The number of alkyl halides is 1. The molecule has 1 atom stereocenters. The lowest BCUT2D eigenvalue weighted by atomic mass is 10.1. The number of benzene rings is 1. The van der Waals surface area contributed by atoms with Gasteiger partial charge in [-0.15, -0.1) is 0 Å². The van der Waals surface area contributed by atoms with Gasteiger partial charge in [-0.1, -0.05) is 6.07 Å². The van der Waals surface area contributed by atoms with Gasteiger partial charge in [0.2, 0.25) is 5.67 Å². The largest absolute Gasteiger partial charge is 0.479 e. The molecule has 1 amide bonds. The summed E-state index contributed by atoms with van der Waals surface area (Å²) in [5.74, 6) is -1.82. The van der Waals surface area contributed by atoms with Gasteiger partial charge >= 0.3 is 5.97 Å². The molecule has 0 spiro atoms. The maximum atomic E-state index is 13.8. The number of rotatable bonds is 2. The number of carboxylic acid groups (broad SMARTS) is 1. The number of nitrogens with zero attached hydrogens (tertiary/aromatic N) is 1. The molecule has 0 aromatic heterocycles. The van der Waals surface area contributed by atoms with E-state index in [2.05, 4.69) is 22.6 Å². The SMILES string of the molecule is O=C(c1cccc(I)c1)N1CCC(F)(C(=O)O)C1. The van der Waals surface area contributed by atoms with E-state index in [0.29, 0.717) is 5.56 Å². The average Bonchev–Trinajstić information content (AvgIpc) is 2.72. The highest BCUT2D eigenvalue weighted by Crippen LogP contribution is 2.27. The van der Waals surface area contributed by atoms with Crippen LogP contribution in [0.3, 0.4) is 0 Å². The van der Waals surface area contributed by atoms with Gasteiger partial charge in [-0.3, -0.25) is 4.79 Å². The number of amides is 1. The summed E-state index contributed by atoms with van der Waals surface area (Å²) in [5, 5.41) is 8.77. The number of carbonyl (C=O) groups is 2. The first kappa shape index (κ1) is 13.3. The molecular weight excluding hydrogens is 352 g/mol. The number of hydrogen-bond donors (Lipinski definition) is 1. The van der Waals surface area contributed by atoms with Gasteiger partial charge in [0.15, 0.2) is 0 Å². The van der Waals surface area contributed by atoms with E-state index >= 15 is 0 Å². The third kappa shape index (κ3) is 2.47. The van der Waals surface area contributed by atoms with Crippen LogP contribution >= 0.6 is 22.6 Å². The highest BCUT2D eigenvalue weighted by atomic mass is 127. The molecule has 1 aliphatic rings. The van der Waals surface area contributed by atoms with Gasteiger partial charge in [-0.25, -0.2) is 9.18 Å². The summed E-state index contributed by atoms with van der Waals surface area (Å²) in [6.07, 6.45) is -0.155. The average molecular weight is 363 g/mol. The van der Waals surface area contributed by atoms with Gasteiger partial charge < -0.3 is 10.0 Å². The normalized spacial score (nSPS) is 23.1. The molecule has 1 aromatic carbocycles. The highest BCUT2D eigenvalue weighted by Gasteiger charge is 2.46. The van der Waals surface area contributed by atoms with Crippen LogP contribution in [0.25, 0.3) is 0 Å². The number of hydrogen-bond acceptors (Lipinski definition) is 2. The third-order valence-corrected chi connectivity index (χ3v) is 3.63. The lowest BCUT2D eigenvalue weighted by Gasteiger charge is -2.17. The molecule has 0 aliphatic carbocycles. The maximum Gasteiger partial charge on any atom is 0.343 e. The number of likely N-dealkylation sites (tertiary alicyclic amines) is 1. The Hall–Kier alpha value is -1.18. The predicted octanol–water partition coefficient (Wildman–Crippen LogP) is 1.93. The molecule has 0 radical (unpaired) electrons. The molecule has 1 unspecified atom stereocenters. The number of aliphatic carboxylic acids is 1. The van der Waals surface area contributed by atoms with E-state index < -0.39 is 11.6 Å². The molecule has 18 heavy (non-hydrogen) atoms. The van der Waals surface area contributed by atoms with Crippen LogP contribution in [-0.4, -0.2) is 40.6 Å². The zero-order chi connectivity index (χ0) is 13.3. The second-order valence-corrected chi connectivity index (χ2v) is 5.50. The summed E-state index contributed by atoms with van der Waals surface area (Å²) in [4.78, 5) is 24.1. The lowest BCUT2D eigenvalue weighted by molar-refractivity contribution is -0.149. The maximum absolute atomic E-state index is 13.8. The van der Waals surface area contributed by atoms with E-state index in [9.17, 15) is 14.0 Å². The van der Waals surface area contributed by atoms with Crippen molar-refractivity contribution in [3.8, 4) is 0 Å². The van der Waals surface area contributed by atoms with Crippen LogP contribution in [0.2, 0.25) is 0 Å². The molecule has 6 heteroatoms. The quantitative estimate of drug-likeness (QED) is 0.818. The molecule has 1 aromatic rings. The molecule has 1 heterocycles. The molecule has 1 saturated heterocycles. The van der Waals surface area contributed by atoms with Gasteiger partial charge in [-0.05, 0) is 40.8 Å². The molecule has 1 N–H and O–H groups in total. The van der Waals surface area contributed by atoms with Crippen LogP contribution in [0.1, 0.15) is 16.8 Å². The Morgan fingerprint density at radius 3 is 2.72 bits per heavy atom. The fourth-order valence-electron chi connectivity index (χ4n) is 1.92. The van der Waals surface area contributed by atoms with E-state index in [4.69, 9.17) is 5.11 Å². The Balaban J connectivity index is 2.15. The number of halogens is 2. The first-order valence-electron chi connectivity index (χ1n) is 5.39. The standard InChI is InChI=1S/C12H11FINO3/c13-12(11(17)18)4-5-15(7-12)10(16)8-2-1-3-9(14)6-8/h1-3,6H,4-5,7H2,(H,17,18). The van der Waals surface area contributed by atoms with Crippen molar-refractivity contribution in [3.05, 3.63) is 33.4 Å². The smallest absolute Gasteiger partial charge is 0.343 e. The fourth-order valence-corrected chi connectivity index (χ4v) is 2.47. The molecule has 4 nitrogen and oxygen atoms in total. The van der Waals surface area contributed by atoms with Crippen molar-refractivity contribution in [1.29, 1.82) is 0 Å². The lowest BCUT2D eigenvalue weighted by Crippen LogP contribution is -2.38. The Kier molecular flexibility index (Phi) is 3.56. The van der Waals surface area contributed by atoms with Crippen molar-refractivity contribution in [2.24, 2.45) is 0 Å². The van der Waals surface area contributed by atoms with Crippen molar-refractivity contribution in [2.75, 3.05) is 13.1 Å². The number of carbonyl (C=O) groups excluding carboxylic acids is 1. The minimum absolute atomic E-state index is 0.132. The first-order valence-corrected chi connectivity index (χ1v) is 6.47. The van der Waals surface area contributed by atoms with Crippen molar-refractivity contribution >= 4 is 34.5 Å². The van der Waals surface area contributed by atoms with E-state index in [1.807, 2.05) is 6.07 Å². The second kappa shape index (κ2) is 4.83. The second-order valence-electron chi connectivity index (χ2n) is 4.26. The fraction of sp³-hybridized carbons (Fsp3) is 0.333. The molecule has 0 saturated carbocycles. The topological polar surface area (TPSA) is 57.6 Å². The van der Waals surface area contributed by atoms with Gasteiger partial charge in [0, 0.05) is 22.1 Å².